The fourth-order valence-corrected chi connectivity index (χ4v) is 2.19. The second-order valence-corrected chi connectivity index (χ2v) is 5.94. The summed E-state index contributed by atoms with van der Waals surface area (Å²) in [7, 11) is 0. The van der Waals surface area contributed by atoms with Gasteiger partial charge in [-0.05, 0) is 25.5 Å². The van der Waals surface area contributed by atoms with Gasteiger partial charge in [0.1, 0.15) is 6.04 Å². The van der Waals surface area contributed by atoms with Crippen molar-refractivity contribution in [3.05, 3.63) is 54.2 Å². The Kier molecular flexibility index (Phi) is 6.43. The second kappa shape index (κ2) is 8.55. The maximum Gasteiger partial charge on any atom is 0.422 e. The number of amides is 1. The average molecular weight is 367 g/mol. The van der Waals surface area contributed by atoms with E-state index >= 15 is 0 Å². The monoisotopic (exact) mass is 367 g/mol. The Morgan fingerprint density at radius 1 is 1.15 bits per heavy atom. The second-order valence-electron chi connectivity index (χ2n) is 5.94. The molecule has 0 aliphatic rings. The van der Waals surface area contributed by atoms with Crippen molar-refractivity contribution in [2.24, 2.45) is 0 Å². The van der Waals surface area contributed by atoms with E-state index in [1.54, 1.807) is 0 Å². The van der Waals surface area contributed by atoms with E-state index in [0.717, 1.165) is 5.56 Å². The molecule has 0 aliphatic heterocycles. The molecule has 1 aromatic carbocycles. The van der Waals surface area contributed by atoms with Gasteiger partial charge in [0.05, 0.1) is 11.9 Å². The summed E-state index contributed by atoms with van der Waals surface area (Å²) in [5, 5.41) is 5.89. The standard InChI is InChI=1S/C18H20F3N3O2/c1-12(2)23-17(25)16(13-6-4-3-5-7-13)24-14-8-9-15(22-10-14)26-11-18(19,20)21/h3-10,12,16,24H,11H2,1-2H3,(H,23,25). The molecule has 1 amide bonds. The lowest BCUT2D eigenvalue weighted by Crippen LogP contribution is -2.37. The van der Waals surface area contributed by atoms with Gasteiger partial charge in [-0.15, -0.1) is 0 Å². The zero-order valence-electron chi connectivity index (χ0n) is 14.4. The minimum Gasteiger partial charge on any atom is -0.468 e. The molecule has 26 heavy (non-hydrogen) atoms. The molecule has 140 valence electrons. The molecule has 1 atom stereocenters. The van der Waals surface area contributed by atoms with Crippen LogP contribution in [-0.2, 0) is 4.79 Å². The van der Waals surface area contributed by atoms with Crippen LogP contribution in [0.15, 0.2) is 48.7 Å². The summed E-state index contributed by atoms with van der Waals surface area (Å²) < 4.78 is 41.1. The molecule has 0 bridgehead atoms. The highest BCUT2D eigenvalue weighted by atomic mass is 19.4. The highest BCUT2D eigenvalue weighted by Crippen LogP contribution is 2.22. The summed E-state index contributed by atoms with van der Waals surface area (Å²) in [5.41, 5.74) is 1.24. The maximum absolute atomic E-state index is 12.5. The average Bonchev–Trinajstić information content (AvgIpc) is 2.58. The van der Waals surface area contributed by atoms with Crippen molar-refractivity contribution in [3.8, 4) is 5.88 Å². The van der Waals surface area contributed by atoms with Crippen LogP contribution in [0.2, 0.25) is 0 Å². The van der Waals surface area contributed by atoms with Crippen LogP contribution >= 0.6 is 0 Å². The molecule has 0 aliphatic carbocycles. The van der Waals surface area contributed by atoms with Crippen LogP contribution in [0.1, 0.15) is 25.5 Å². The lowest BCUT2D eigenvalue weighted by molar-refractivity contribution is -0.154. The van der Waals surface area contributed by atoms with Gasteiger partial charge in [-0.1, -0.05) is 30.3 Å². The molecule has 0 radical (unpaired) electrons. The molecule has 2 rings (SSSR count). The summed E-state index contributed by atoms with van der Waals surface area (Å²) in [6, 6.07) is 11.2. The number of benzene rings is 1. The van der Waals surface area contributed by atoms with Crippen LogP contribution < -0.4 is 15.4 Å². The number of carbonyl (C=O) groups excluding carboxylic acids is 1. The molecule has 1 heterocycles. The number of carbonyl (C=O) groups is 1. The third kappa shape index (κ3) is 6.27. The van der Waals surface area contributed by atoms with E-state index < -0.39 is 18.8 Å². The van der Waals surface area contributed by atoms with Crippen LogP contribution in [0.3, 0.4) is 0 Å². The van der Waals surface area contributed by atoms with E-state index in [1.807, 2.05) is 44.2 Å². The Morgan fingerprint density at radius 3 is 2.38 bits per heavy atom. The highest BCUT2D eigenvalue weighted by Gasteiger charge is 2.28. The number of alkyl halides is 3. The zero-order chi connectivity index (χ0) is 19.2. The molecule has 1 unspecified atom stereocenters. The molecule has 0 spiro atoms. The lowest BCUT2D eigenvalue weighted by atomic mass is 10.1. The molecular weight excluding hydrogens is 347 g/mol. The van der Waals surface area contributed by atoms with E-state index in [2.05, 4.69) is 20.4 Å². The topological polar surface area (TPSA) is 63.2 Å². The SMILES string of the molecule is CC(C)NC(=O)C(Nc1ccc(OCC(F)(F)F)nc1)c1ccccc1. The van der Waals surface area contributed by atoms with Crippen LogP contribution in [0.25, 0.3) is 0 Å². The molecular formula is C18H20F3N3O2. The molecule has 8 heteroatoms. The van der Waals surface area contributed by atoms with Crippen LogP contribution in [0, 0.1) is 0 Å². The fraction of sp³-hybridized carbons (Fsp3) is 0.333. The van der Waals surface area contributed by atoms with Crippen molar-refractivity contribution < 1.29 is 22.7 Å². The van der Waals surface area contributed by atoms with Gasteiger partial charge in [0.15, 0.2) is 6.61 Å². The van der Waals surface area contributed by atoms with Gasteiger partial charge in [0, 0.05) is 12.1 Å². The number of nitrogens with one attached hydrogen (secondary N) is 2. The number of anilines is 1. The first-order valence-electron chi connectivity index (χ1n) is 8.02. The molecule has 0 fully saturated rings. The van der Waals surface area contributed by atoms with Gasteiger partial charge in [0.25, 0.3) is 0 Å². The predicted octanol–water partition coefficient (Wildman–Crippen LogP) is 3.70. The van der Waals surface area contributed by atoms with E-state index in [9.17, 15) is 18.0 Å². The Labute approximate surface area is 149 Å². The van der Waals surface area contributed by atoms with Gasteiger partial charge >= 0.3 is 6.18 Å². The minimum atomic E-state index is -4.42. The van der Waals surface area contributed by atoms with Crippen molar-refractivity contribution in [3.63, 3.8) is 0 Å². The largest absolute Gasteiger partial charge is 0.468 e. The highest BCUT2D eigenvalue weighted by molar-refractivity contribution is 5.86. The van der Waals surface area contributed by atoms with E-state index in [4.69, 9.17) is 0 Å². The number of hydrogen-bond acceptors (Lipinski definition) is 4. The van der Waals surface area contributed by atoms with Gasteiger partial charge in [-0.3, -0.25) is 4.79 Å². The summed E-state index contributed by atoms with van der Waals surface area (Å²) >= 11 is 0. The third-order valence-corrected chi connectivity index (χ3v) is 3.26. The van der Waals surface area contributed by atoms with Crippen molar-refractivity contribution in [1.82, 2.24) is 10.3 Å². The zero-order valence-corrected chi connectivity index (χ0v) is 14.4. The predicted molar refractivity (Wildman–Crippen MR) is 91.9 cm³/mol. The Bertz CT molecular complexity index is 704. The number of ether oxygens (including phenoxy) is 1. The van der Waals surface area contributed by atoms with E-state index in [1.165, 1.54) is 18.3 Å². The molecule has 1 aromatic heterocycles. The number of pyridine rings is 1. The van der Waals surface area contributed by atoms with Crippen molar-refractivity contribution in [2.45, 2.75) is 32.1 Å². The first-order valence-corrected chi connectivity index (χ1v) is 8.02. The summed E-state index contributed by atoms with van der Waals surface area (Å²) in [4.78, 5) is 16.3. The van der Waals surface area contributed by atoms with E-state index in [0.29, 0.717) is 5.69 Å². The number of nitrogens with zero attached hydrogens (tertiary/aromatic N) is 1. The third-order valence-electron chi connectivity index (χ3n) is 3.26. The minimum absolute atomic E-state index is 0.0354. The van der Waals surface area contributed by atoms with Gasteiger partial charge in [0.2, 0.25) is 11.8 Å². The quantitative estimate of drug-likeness (QED) is 0.783. The number of aromatic nitrogens is 1. The summed E-state index contributed by atoms with van der Waals surface area (Å²) in [6.45, 7) is 2.30. The van der Waals surface area contributed by atoms with Gasteiger partial charge in [-0.2, -0.15) is 13.2 Å². The van der Waals surface area contributed by atoms with Crippen LogP contribution in [0.4, 0.5) is 18.9 Å². The molecule has 0 saturated heterocycles. The summed E-state index contributed by atoms with van der Waals surface area (Å²) in [5.74, 6) is -0.362. The van der Waals surface area contributed by atoms with E-state index in [-0.39, 0.29) is 17.8 Å². The Balaban J connectivity index is 2.11. The lowest BCUT2D eigenvalue weighted by Gasteiger charge is -2.21. The maximum atomic E-state index is 12.5. The Morgan fingerprint density at radius 2 is 1.85 bits per heavy atom. The van der Waals surface area contributed by atoms with Gasteiger partial charge in [-0.25, -0.2) is 4.98 Å². The summed E-state index contributed by atoms with van der Waals surface area (Å²) in [6.07, 6.45) is -3.10. The first kappa shape index (κ1) is 19.6. The number of halogens is 3. The molecule has 2 N–H and O–H groups in total. The number of rotatable bonds is 7. The van der Waals surface area contributed by atoms with Crippen molar-refractivity contribution >= 4 is 11.6 Å². The Hall–Kier alpha value is -2.77. The molecule has 2 aromatic rings. The fourth-order valence-electron chi connectivity index (χ4n) is 2.19. The molecule has 0 saturated carbocycles. The smallest absolute Gasteiger partial charge is 0.422 e. The van der Waals surface area contributed by atoms with Gasteiger partial charge < -0.3 is 15.4 Å². The van der Waals surface area contributed by atoms with Crippen LogP contribution in [0.5, 0.6) is 5.88 Å². The molecule has 5 nitrogen and oxygen atoms in total. The van der Waals surface area contributed by atoms with Crippen molar-refractivity contribution in [1.29, 1.82) is 0 Å². The first-order chi connectivity index (χ1) is 12.2. The van der Waals surface area contributed by atoms with Crippen molar-refractivity contribution in [2.75, 3.05) is 11.9 Å². The number of hydrogen-bond donors (Lipinski definition) is 2. The normalized spacial score (nSPS) is 12.5. The van der Waals surface area contributed by atoms with Crippen LogP contribution in [-0.4, -0.2) is 29.7 Å².